The molecule has 0 saturated heterocycles. The molecule has 3 aromatic rings. The SMILES string of the molecule is CCc1noc(-c2ccc(CCN=C(N)NCCc3ccc(OC)c(OC)c3)cc2)n1. The number of methoxy groups -OCH3 is 2. The van der Waals surface area contributed by atoms with Crippen LogP contribution in [0.4, 0.5) is 0 Å². The molecule has 164 valence electrons. The van der Waals surface area contributed by atoms with Gasteiger partial charge >= 0.3 is 0 Å². The summed E-state index contributed by atoms with van der Waals surface area (Å²) < 4.78 is 15.9. The normalized spacial score (nSPS) is 11.4. The van der Waals surface area contributed by atoms with Crippen LogP contribution in [-0.2, 0) is 19.3 Å². The molecule has 0 unspecified atom stereocenters. The van der Waals surface area contributed by atoms with E-state index in [1.165, 1.54) is 5.56 Å². The minimum Gasteiger partial charge on any atom is -0.493 e. The van der Waals surface area contributed by atoms with Gasteiger partial charge in [-0.3, -0.25) is 4.99 Å². The van der Waals surface area contributed by atoms with E-state index in [0.29, 0.717) is 30.8 Å². The third-order valence-corrected chi connectivity index (χ3v) is 4.84. The number of nitrogens with two attached hydrogens (primary N) is 1. The van der Waals surface area contributed by atoms with E-state index in [-0.39, 0.29) is 0 Å². The van der Waals surface area contributed by atoms with Crippen LogP contribution in [0, 0.1) is 0 Å². The third-order valence-electron chi connectivity index (χ3n) is 4.84. The fourth-order valence-corrected chi connectivity index (χ4v) is 3.06. The monoisotopic (exact) mass is 423 g/mol. The molecule has 0 radical (unpaired) electrons. The first-order valence-corrected chi connectivity index (χ1v) is 10.3. The van der Waals surface area contributed by atoms with Gasteiger partial charge < -0.3 is 25.0 Å². The van der Waals surface area contributed by atoms with Crippen LogP contribution >= 0.6 is 0 Å². The van der Waals surface area contributed by atoms with Crippen LogP contribution in [0.5, 0.6) is 11.5 Å². The highest BCUT2D eigenvalue weighted by atomic mass is 16.5. The Bertz CT molecular complexity index is 999. The summed E-state index contributed by atoms with van der Waals surface area (Å²) in [6.45, 7) is 3.29. The molecule has 2 aromatic carbocycles. The number of aromatic nitrogens is 2. The average molecular weight is 424 g/mol. The number of nitrogens with zero attached hydrogens (tertiary/aromatic N) is 3. The van der Waals surface area contributed by atoms with Crippen LogP contribution in [0.15, 0.2) is 52.0 Å². The fraction of sp³-hybridized carbons (Fsp3) is 0.348. The van der Waals surface area contributed by atoms with Crippen molar-refractivity contribution < 1.29 is 14.0 Å². The van der Waals surface area contributed by atoms with Crippen molar-refractivity contribution in [1.29, 1.82) is 0 Å². The number of guanidine groups is 1. The van der Waals surface area contributed by atoms with E-state index in [0.717, 1.165) is 41.9 Å². The molecule has 0 bridgehead atoms. The number of ether oxygens (including phenoxy) is 2. The van der Waals surface area contributed by atoms with Crippen LogP contribution in [0.1, 0.15) is 23.9 Å². The first-order valence-electron chi connectivity index (χ1n) is 10.3. The summed E-state index contributed by atoms with van der Waals surface area (Å²) in [7, 11) is 3.26. The van der Waals surface area contributed by atoms with Crippen molar-refractivity contribution >= 4 is 5.96 Å². The van der Waals surface area contributed by atoms with Crippen LogP contribution in [-0.4, -0.2) is 43.4 Å². The molecular weight excluding hydrogens is 394 g/mol. The van der Waals surface area contributed by atoms with Gasteiger partial charge in [0.15, 0.2) is 23.3 Å². The number of hydrogen-bond acceptors (Lipinski definition) is 6. The van der Waals surface area contributed by atoms with Crippen molar-refractivity contribution in [2.45, 2.75) is 26.2 Å². The van der Waals surface area contributed by atoms with Gasteiger partial charge in [-0.25, -0.2) is 0 Å². The van der Waals surface area contributed by atoms with E-state index in [2.05, 4.69) is 20.4 Å². The molecule has 3 N–H and O–H groups in total. The highest BCUT2D eigenvalue weighted by Gasteiger charge is 2.07. The maximum atomic E-state index is 5.99. The number of hydrogen-bond donors (Lipinski definition) is 2. The Labute approximate surface area is 182 Å². The molecule has 0 aliphatic heterocycles. The first-order chi connectivity index (χ1) is 15.1. The third kappa shape index (κ3) is 6.21. The van der Waals surface area contributed by atoms with Gasteiger partial charge in [0.05, 0.1) is 14.2 Å². The Hall–Kier alpha value is -3.55. The standard InChI is InChI=1S/C23H29N5O3/c1-4-21-27-22(31-28-21)18-8-5-16(6-9-18)11-13-25-23(24)26-14-12-17-7-10-19(29-2)20(15-17)30-3/h5-10,15H,4,11-14H2,1-3H3,(H3,24,25,26). The van der Waals surface area contributed by atoms with Gasteiger partial charge in [0.1, 0.15) is 0 Å². The number of aryl methyl sites for hydroxylation is 1. The second kappa shape index (κ2) is 11.0. The molecule has 0 aliphatic rings. The second-order valence-electron chi connectivity index (χ2n) is 6.95. The van der Waals surface area contributed by atoms with Gasteiger partial charge in [-0.15, -0.1) is 0 Å². The molecule has 8 heteroatoms. The van der Waals surface area contributed by atoms with Gasteiger partial charge in [0.25, 0.3) is 5.89 Å². The Morgan fingerprint density at radius 2 is 1.77 bits per heavy atom. The molecule has 8 nitrogen and oxygen atoms in total. The zero-order valence-electron chi connectivity index (χ0n) is 18.2. The molecule has 1 aromatic heterocycles. The topological polar surface area (TPSA) is 108 Å². The first kappa shape index (κ1) is 22.1. The van der Waals surface area contributed by atoms with Crippen molar-refractivity contribution in [3.8, 4) is 23.0 Å². The summed E-state index contributed by atoms with van der Waals surface area (Å²) in [6, 6.07) is 13.9. The zero-order chi connectivity index (χ0) is 22.1. The summed E-state index contributed by atoms with van der Waals surface area (Å²) in [5, 5.41) is 7.08. The molecule has 0 spiro atoms. The summed E-state index contributed by atoms with van der Waals surface area (Å²) in [6.07, 6.45) is 2.35. The molecular formula is C23H29N5O3. The Kier molecular flexibility index (Phi) is 7.86. The summed E-state index contributed by atoms with van der Waals surface area (Å²) >= 11 is 0. The maximum Gasteiger partial charge on any atom is 0.257 e. The van der Waals surface area contributed by atoms with Gasteiger partial charge in [0, 0.05) is 25.1 Å². The molecule has 31 heavy (non-hydrogen) atoms. The number of nitrogens with one attached hydrogen (secondary N) is 1. The molecule has 0 aliphatic carbocycles. The lowest BCUT2D eigenvalue weighted by molar-refractivity contribution is 0.354. The second-order valence-corrected chi connectivity index (χ2v) is 6.95. The van der Waals surface area contributed by atoms with E-state index >= 15 is 0 Å². The molecule has 3 rings (SSSR count). The quantitative estimate of drug-likeness (QED) is 0.381. The highest BCUT2D eigenvalue weighted by Crippen LogP contribution is 2.27. The van der Waals surface area contributed by atoms with E-state index < -0.39 is 0 Å². The van der Waals surface area contributed by atoms with E-state index in [9.17, 15) is 0 Å². The van der Waals surface area contributed by atoms with Crippen LogP contribution in [0.25, 0.3) is 11.5 Å². The van der Waals surface area contributed by atoms with E-state index in [1.54, 1.807) is 14.2 Å². The minimum atomic E-state index is 0.440. The van der Waals surface area contributed by atoms with Gasteiger partial charge in [-0.05, 0) is 48.2 Å². The Morgan fingerprint density at radius 1 is 1.03 bits per heavy atom. The summed E-state index contributed by atoms with van der Waals surface area (Å²) in [5.74, 6) is 3.13. The van der Waals surface area contributed by atoms with Crippen LogP contribution in [0.2, 0.25) is 0 Å². The van der Waals surface area contributed by atoms with Crippen molar-refractivity contribution in [1.82, 2.24) is 15.5 Å². The Balaban J connectivity index is 1.43. The van der Waals surface area contributed by atoms with Gasteiger partial charge in [-0.2, -0.15) is 4.98 Å². The highest BCUT2D eigenvalue weighted by molar-refractivity contribution is 5.77. The number of aliphatic imine (C=N–C) groups is 1. The molecule has 0 fully saturated rings. The smallest absolute Gasteiger partial charge is 0.257 e. The predicted octanol–water partition coefficient (Wildman–Crippen LogP) is 3.01. The number of benzene rings is 2. The molecule has 0 saturated carbocycles. The lowest BCUT2D eigenvalue weighted by atomic mass is 10.1. The predicted molar refractivity (Wildman–Crippen MR) is 121 cm³/mol. The maximum absolute atomic E-state index is 5.99. The molecule has 0 amide bonds. The van der Waals surface area contributed by atoms with Crippen molar-refractivity contribution in [3.05, 3.63) is 59.4 Å². The van der Waals surface area contributed by atoms with E-state index in [1.807, 2.05) is 49.4 Å². The zero-order valence-corrected chi connectivity index (χ0v) is 18.2. The van der Waals surface area contributed by atoms with Crippen molar-refractivity contribution in [2.75, 3.05) is 27.3 Å². The van der Waals surface area contributed by atoms with Crippen molar-refractivity contribution in [3.63, 3.8) is 0 Å². The summed E-state index contributed by atoms with van der Waals surface area (Å²) in [4.78, 5) is 8.75. The van der Waals surface area contributed by atoms with Gasteiger partial charge in [0.2, 0.25) is 0 Å². The van der Waals surface area contributed by atoms with Gasteiger partial charge in [-0.1, -0.05) is 30.3 Å². The lowest BCUT2D eigenvalue weighted by Crippen LogP contribution is -2.33. The van der Waals surface area contributed by atoms with Crippen LogP contribution in [0.3, 0.4) is 0 Å². The molecule has 0 atom stereocenters. The van der Waals surface area contributed by atoms with Crippen molar-refractivity contribution in [2.24, 2.45) is 10.7 Å². The lowest BCUT2D eigenvalue weighted by Gasteiger charge is -2.10. The molecule has 1 heterocycles. The average Bonchev–Trinajstić information content (AvgIpc) is 3.29. The minimum absolute atomic E-state index is 0.440. The fourth-order valence-electron chi connectivity index (χ4n) is 3.06. The van der Waals surface area contributed by atoms with E-state index in [4.69, 9.17) is 19.7 Å². The number of rotatable bonds is 10. The largest absolute Gasteiger partial charge is 0.493 e. The summed E-state index contributed by atoms with van der Waals surface area (Å²) in [5.41, 5.74) is 9.20. The Morgan fingerprint density at radius 3 is 2.45 bits per heavy atom. The van der Waals surface area contributed by atoms with Crippen LogP contribution < -0.4 is 20.5 Å².